The third-order valence-corrected chi connectivity index (χ3v) is 4.03. The highest BCUT2D eigenvalue weighted by atomic mass is 16.5. The summed E-state index contributed by atoms with van der Waals surface area (Å²) in [6, 6.07) is 1.03. The molecule has 1 unspecified atom stereocenters. The van der Waals surface area contributed by atoms with Crippen LogP contribution in [0.25, 0.3) is 0 Å². The van der Waals surface area contributed by atoms with Gasteiger partial charge in [-0.25, -0.2) is 4.79 Å². The third-order valence-electron chi connectivity index (χ3n) is 4.03. The smallest absolute Gasteiger partial charge is 0.360 e. The van der Waals surface area contributed by atoms with Crippen molar-refractivity contribution in [3.63, 3.8) is 0 Å². The third kappa shape index (κ3) is 3.75. The molecule has 0 radical (unpaired) electrons. The first-order valence-corrected chi connectivity index (χ1v) is 7.87. The summed E-state index contributed by atoms with van der Waals surface area (Å²) in [4.78, 5) is 18.2. The first-order valence-electron chi connectivity index (χ1n) is 7.87. The van der Waals surface area contributed by atoms with Crippen LogP contribution >= 0.6 is 0 Å². The number of anilines is 1. The molecule has 1 aliphatic carbocycles. The van der Waals surface area contributed by atoms with E-state index in [1.807, 2.05) is 0 Å². The standard InChI is InChI=1S/C15H23N3O3/c1-2-20-14(19)13-10-21-15(17-13)18(8-11-5-6-11)9-12-4-3-7-16-12/h10-12,16H,2-9H2,1H3. The molecule has 0 aromatic carbocycles. The Morgan fingerprint density at radius 3 is 3.00 bits per heavy atom. The average molecular weight is 293 g/mol. The zero-order chi connectivity index (χ0) is 14.7. The number of ether oxygens (including phenoxy) is 1. The van der Waals surface area contributed by atoms with Crippen molar-refractivity contribution in [2.45, 2.75) is 38.6 Å². The van der Waals surface area contributed by atoms with Gasteiger partial charge in [0.15, 0.2) is 5.69 Å². The zero-order valence-electron chi connectivity index (χ0n) is 12.5. The topological polar surface area (TPSA) is 67.6 Å². The Kier molecular flexibility index (Phi) is 4.43. The Hall–Kier alpha value is -1.56. The lowest BCUT2D eigenvalue weighted by atomic mass is 10.2. The number of hydrogen-bond donors (Lipinski definition) is 1. The van der Waals surface area contributed by atoms with Crippen LogP contribution in [0, 0.1) is 5.92 Å². The molecule has 1 saturated heterocycles. The van der Waals surface area contributed by atoms with E-state index in [1.165, 1.54) is 31.9 Å². The molecule has 2 fully saturated rings. The Morgan fingerprint density at radius 2 is 2.33 bits per heavy atom. The second kappa shape index (κ2) is 6.47. The van der Waals surface area contributed by atoms with Crippen LogP contribution in [0.15, 0.2) is 10.7 Å². The van der Waals surface area contributed by atoms with Crippen molar-refractivity contribution < 1.29 is 13.9 Å². The van der Waals surface area contributed by atoms with Gasteiger partial charge in [0.25, 0.3) is 6.01 Å². The van der Waals surface area contributed by atoms with Crippen LogP contribution in [0.2, 0.25) is 0 Å². The van der Waals surface area contributed by atoms with Crippen molar-refractivity contribution in [2.75, 3.05) is 31.1 Å². The SMILES string of the molecule is CCOC(=O)c1coc(N(CC2CC2)CC2CCCN2)n1. The van der Waals surface area contributed by atoms with Gasteiger partial charge >= 0.3 is 5.97 Å². The number of carbonyl (C=O) groups excluding carboxylic acids is 1. The fourth-order valence-electron chi connectivity index (χ4n) is 2.73. The number of nitrogens with one attached hydrogen (secondary N) is 1. The number of aromatic nitrogens is 1. The second-order valence-corrected chi connectivity index (χ2v) is 5.88. The van der Waals surface area contributed by atoms with Gasteiger partial charge in [-0.1, -0.05) is 0 Å². The van der Waals surface area contributed by atoms with E-state index in [9.17, 15) is 4.79 Å². The predicted molar refractivity (Wildman–Crippen MR) is 78.4 cm³/mol. The highest BCUT2D eigenvalue weighted by Gasteiger charge is 2.29. The molecule has 0 bridgehead atoms. The van der Waals surface area contributed by atoms with Crippen LogP contribution < -0.4 is 10.2 Å². The minimum atomic E-state index is -0.419. The summed E-state index contributed by atoms with van der Waals surface area (Å²) in [7, 11) is 0. The normalized spacial score (nSPS) is 21.5. The molecule has 3 rings (SSSR count). The van der Waals surface area contributed by atoms with Crippen molar-refractivity contribution in [1.29, 1.82) is 0 Å². The number of hydrogen-bond acceptors (Lipinski definition) is 6. The van der Waals surface area contributed by atoms with Gasteiger partial charge in [-0.2, -0.15) is 4.98 Å². The number of rotatable bonds is 7. The molecule has 1 atom stereocenters. The van der Waals surface area contributed by atoms with E-state index in [1.54, 1.807) is 6.92 Å². The van der Waals surface area contributed by atoms with Crippen LogP contribution in [-0.4, -0.2) is 43.2 Å². The summed E-state index contributed by atoms with van der Waals surface area (Å²) in [5.41, 5.74) is 0.257. The van der Waals surface area contributed by atoms with Gasteiger partial charge in [0.1, 0.15) is 6.26 Å². The molecule has 6 nitrogen and oxygen atoms in total. The van der Waals surface area contributed by atoms with Gasteiger partial charge in [0.2, 0.25) is 0 Å². The minimum Gasteiger partial charge on any atom is -0.461 e. The van der Waals surface area contributed by atoms with Gasteiger partial charge in [-0.15, -0.1) is 0 Å². The first-order chi connectivity index (χ1) is 10.3. The van der Waals surface area contributed by atoms with E-state index in [2.05, 4.69) is 15.2 Å². The fraction of sp³-hybridized carbons (Fsp3) is 0.733. The molecule has 21 heavy (non-hydrogen) atoms. The summed E-state index contributed by atoms with van der Waals surface area (Å²) in [6.45, 7) is 5.06. The molecule has 0 amide bonds. The fourth-order valence-corrected chi connectivity index (χ4v) is 2.73. The highest BCUT2D eigenvalue weighted by molar-refractivity contribution is 5.87. The Bertz CT molecular complexity index is 478. The van der Waals surface area contributed by atoms with E-state index >= 15 is 0 Å². The molecule has 116 valence electrons. The second-order valence-electron chi connectivity index (χ2n) is 5.88. The molecule has 2 aliphatic rings. The Morgan fingerprint density at radius 1 is 1.48 bits per heavy atom. The average Bonchev–Trinajstić information content (AvgIpc) is 2.95. The van der Waals surface area contributed by atoms with E-state index in [-0.39, 0.29) is 5.69 Å². The first kappa shape index (κ1) is 14.4. The molecule has 1 N–H and O–H groups in total. The summed E-state index contributed by atoms with van der Waals surface area (Å²) in [6.07, 6.45) is 6.36. The van der Waals surface area contributed by atoms with Gasteiger partial charge in [-0.05, 0) is 45.1 Å². The van der Waals surface area contributed by atoms with Crippen LogP contribution in [0.1, 0.15) is 43.1 Å². The van der Waals surface area contributed by atoms with Crippen LogP contribution in [-0.2, 0) is 4.74 Å². The van der Waals surface area contributed by atoms with Crippen molar-refractivity contribution in [3.8, 4) is 0 Å². The molecule has 1 saturated carbocycles. The van der Waals surface area contributed by atoms with Crippen molar-refractivity contribution in [2.24, 2.45) is 5.92 Å². The molecule has 0 spiro atoms. The van der Waals surface area contributed by atoms with Crippen molar-refractivity contribution >= 4 is 12.0 Å². The predicted octanol–water partition coefficient (Wildman–Crippen LogP) is 1.82. The zero-order valence-corrected chi connectivity index (χ0v) is 12.5. The van der Waals surface area contributed by atoms with Crippen molar-refractivity contribution in [3.05, 3.63) is 12.0 Å². The molecule has 6 heteroatoms. The quantitative estimate of drug-likeness (QED) is 0.773. The van der Waals surface area contributed by atoms with E-state index in [0.29, 0.717) is 18.7 Å². The van der Waals surface area contributed by atoms with Gasteiger partial charge in [0.05, 0.1) is 6.61 Å². The van der Waals surface area contributed by atoms with Crippen molar-refractivity contribution in [1.82, 2.24) is 10.3 Å². The number of oxazole rings is 1. The molecule has 1 aliphatic heterocycles. The summed E-state index contributed by atoms with van der Waals surface area (Å²) in [5, 5.41) is 3.50. The van der Waals surface area contributed by atoms with E-state index < -0.39 is 5.97 Å². The molecule has 2 heterocycles. The Labute approximate surface area is 124 Å². The monoisotopic (exact) mass is 293 g/mol. The van der Waals surface area contributed by atoms with Gasteiger partial charge in [0, 0.05) is 19.1 Å². The lowest BCUT2D eigenvalue weighted by Gasteiger charge is -2.24. The molecule has 1 aromatic rings. The number of carbonyl (C=O) groups is 1. The largest absolute Gasteiger partial charge is 0.461 e. The minimum absolute atomic E-state index is 0.257. The molecular formula is C15H23N3O3. The summed E-state index contributed by atoms with van der Waals surface area (Å²) in [5.74, 6) is 0.321. The molecular weight excluding hydrogens is 270 g/mol. The summed E-state index contributed by atoms with van der Waals surface area (Å²) < 4.78 is 10.5. The van der Waals surface area contributed by atoms with Crippen LogP contribution in [0.5, 0.6) is 0 Å². The van der Waals surface area contributed by atoms with Gasteiger partial charge in [-0.3, -0.25) is 0 Å². The summed E-state index contributed by atoms with van der Waals surface area (Å²) >= 11 is 0. The maximum absolute atomic E-state index is 11.7. The highest BCUT2D eigenvalue weighted by Crippen LogP contribution is 2.31. The van der Waals surface area contributed by atoms with E-state index in [4.69, 9.17) is 9.15 Å². The maximum atomic E-state index is 11.7. The molecule has 1 aromatic heterocycles. The number of nitrogens with zero attached hydrogens (tertiary/aromatic N) is 2. The van der Waals surface area contributed by atoms with Crippen LogP contribution in [0.4, 0.5) is 6.01 Å². The lowest BCUT2D eigenvalue weighted by Crippen LogP contribution is -2.39. The maximum Gasteiger partial charge on any atom is 0.360 e. The van der Waals surface area contributed by atoms with Crippen LogP contribution in [0.3, 0.4) is 0 Å². The van der Waals surface area contributed by atoms with Gasteiger partial charge < -0.3 is 19.4 Å². The number of esters is 1. The Balaban J connectivity index is 1.67. The van der Waals surface area contributed by atoms with E-state index in [0.717, 1.165) is 25.6 Å². The lowest BCUT2D eigenvalue weighted by molar-refractivity contribution is 0.0519.